The van der Waals surface area contributed by atoms with E-state index in [0.29, 0.717) is 50.3 Å². The van der Waals surface area contributed by atoms with Crippen molar-refractivity contribution in [1.82, 2.24) is 10.1 Å². The maximum absolute atomic E-state index is 13.8. The third-order valence-corrected chi connectivity index (χ3v) is 8.14. The zero-order chi connectivity index (χ0) is 28.9. The maximum atomic E-state index is 13.8. The standard InChI is InChI=1S/C29H23Cl3FN3O5/c1-39-28(37)16-6-7-34-24(8-16)36-13-29(38,14-36)20-5-4-18(11-21(20)30)40-12-19-26(35-41-27(19)15-2-3-15)25-22(31)9-17(33)10-23(25)32/h4-11,15,38H,2-3,12-14H2,1H3. The van der Waals surface area contributed by atoms with Gasteiger partial charge in [-0.2, -0.15) is 0 Å². The fraction of sp³-hybridized carbons (Fsp3) is 0.276. The summed E-state index contributed by atoms with van der Waals surface area (Å²) in [4.78, 5) is 18.0. The number of esters is 1. The number of halogens is 4. The van der Waals surface area contributed by atoms with E-state index < -0.39 is 17.4 Å². The SMILES string of the molecule is COC(=O)c1ccnc(N2CC(O)(c3ccc(OCc4c(-c5c(Cl)cc(F)cc5Cl)noc4C4CC4)cc3Cl)C2)c1. The van der Waals surface area contributed by atoms with E-state index in [1.807, 2.05) is 4.90 Å². The molecule has 6 rings (SSSR count). The number of pyridine rings is 1. The smallest absolute Gasteiger partial charge is 0.338 e. The van der Waals surface area contributed by atoms with Gasteiger partial charge in [0.2, 0.25) is 0 Å². The lowest BCUT2D eigenvalue weighted by Crippen LogP contribution is -2.60. The highest BCUT2D eigenvalue weighted by atomic mass is 35.5. The number of carbonyl (C=O) groups is 1. The molecule has 1 N–H and O–H groups in total. The third kappa shape index (κ3) is 5.35. The number of anilines is 1. The summed E-state index contributed by atoms with van der Waals surface area (Å²) < 4.78 is 30.3. The summed E-state index contributed by atoms with van der Waals surface area (Å²) in [5.41, 5.74) is 1.16. The number of hydrogen-bond acceptors (Lipinski definition) is 8. The molecular weight excluding hydrogens is 596 g/mol. The van der Waals surface area contributed by atoms with Crippen molar-refractivity contribution in [3.05, 3.63) is 92.0 Å². The Morgan fingerprint density at radius 3 is 2.51 bits per heavy atom. The number of aromatic nitrogens is 2. The zero-order valence-corrected chi connectivity index (χ0v) is 23.9. The number of benzene rings is 2. The molecule has 1 aliphatic heterocycles. The molecule has 0 spiro atoms. The Morgan fingerprint density at radius 2 is 1.85 bits per heavy atom. The Bertz CT molecular complexity index is 1630. The quantitative estimate of drug-likeness (QED) is 0.216. The summed E-state index contributed by atoms with van der Waals surface area (Å²) in [6.45, 7) is 0.557. The van der Waals surface area contributed by atoms with Gasteiger partial charge in [0.15, 0.2) is 0 Å². The lowest BCUT2D eigenvalue weighted by atomic mass is 9.86. The molecule has 3 heterocycles. The molecule has 12 heteroatoms. The number of ether oxygens (including phenoxy) is 2. The second-order valence-corrected chi connectivity index (χ2v) is 11.3. The van der Waals surface area contributed by atoms with Crippen LogP contribution in [0.2, 0.25) is 15.1 Å². The summed E-state index contributed by atoms with van der Waals surface area (Å²) in [7, 11) is 1.31. The average molecular weight is 619 g/mol. The molecule has 212 valence electrons. The Balaban J connectivity index is 1.19. The van der Waals surface area contributed by atoms with E-state index in [-0.39, 0.29) is 35.7 Å². The molecule has 0 amide bonds. The van der Waals surface area contributed by atoms with Crippen molar-refractivity contribution in [2.75, 3.05) is 25.1 Å². The van der Waals surface area contributed by atoms with Crippen LogP contribution in [0, 0.1) is 5.82 Å². The first-order valence-corrected chi connectivity index (χ1v) is 13.9. The molecular formula is C29H23Cl3FN3O5. The number of rotatable bonds is 8. The minimum atomic E-state index is -1.21. The van der Waals surface area contributed by atoms with Gasteiger partial charge in [-0.25, -0.2) is 14.2 Å². The molecule has 4 aromatic rings. The van der Waals surface area contributed by atoms with E-state index in [1.54, 1.807) is 30.3 Å². The van der Waals surface area contributed by atoms with Gasteiger partial charge >= 0.3 is 5.97 Å². The predicted octanol–water partition coefficient (Wildman–Crippen LogP) is 6.79. The summed E-state index contributed by atoms with van der Waals surface area (Å²) in [5.74, 6) is 0.909. The lowest BCUT2D eigenvalue weighted by molar-refractivity contribution is 0.00712. The molecule has 2 fully saturated rings. The highest BCUT2D eigenvalue weighted by Gasteiger charge is 2.45. The molecule has 0 unspecified atom stereocenters. The van der Waals surface area contributed by atoms with E-state index >= 15 is 0 Å². The number of nitrogens with zero attached hydrogens (tertiary/aromatic N) is 3. The molecule has 2 aromatic heterocycles. The second-order valence-electron chi connectivity index (χ2n) is 10.1. The Hall–Kier alpha value is -3.37. The summed E-state index contributed by atoms with van der Waals surface area (Å²) >= 11 is 19.3. The normalized spacial score (nSPS) is 15.9. The van der Waals surface area contributed by atoms with E-state index in [0.717, 1.165) is 12.8 Å². The van der Waals surface area contributed by atoms with Crippen LogP contribution < -0.4 is 9.64 Å². The molecule has 2 aromatic carbocycles. The number of carbonyl (C=O) groups excluding carboxylic acids is 1. The monoisotopic (exact) mass is 617 g/mol. The van der Waals surface area contributed by atoms with Crippen molar-refractivity contribution >= 4 is 46.6 Å². The molecule has 1 saturated heterocycles. The molecule has 41 heavy (non-hydrogen) atoms. The molecule has 0 radical (unpaired) electrons. The van der Waals surface area contributed by atoms with Gasteiger partial charge in [-0.15, -0.1) is 0 Å². The van der Waals surface area contributed by atoms with Gasteiger partial charge in [-0.1, -0.05) is 46.0 Å². The van der Waals surface area contributed by atoms with Crippen molar-refractivity contribution in [2.45, 2.75) is 31.0 Å². The summed E-state index contributed by atoms with van der Waals surface area (Å²) in [6.07, 6.45) is 3.45. The molecule has 2 aliphatic rings. The van der Waals surface area contributed by atoms with E-state index in [2.05, 4.69) is 10.1 Å². The fourth-order valence-corrected chi connectivity index (χ4v) is 5.95. The van der Waals surface area contributed by atoms with Crippen LogP contribution in [-0.4, -0.2) is 41.4 Å². The number of β-amino-alcohol motifs (C(OH)–C–C–N with tert-alkyl or cyclic N) is 1. The first-order chi connectivity index (χ1) is 19.7. The zero-order valence-electron chi connectivity index (χ0n) is 21.7. The number of aliphatic hydroxyl groups is 1. The molecule has 1 saturated carbocycles. The first kappa shape index (κ1) is 27.8. The van der Waals surface area contributed by atoms with Crippen LogP contribution in [-0.2, 0) is 16.9 Å². The largest absolute Gasteiger partial charge is 0.489 e. The summed E-state index contributed by atoms with van der Waals surface area (Å²) in [6, 6.07) is 10.6. The fourth-order valence-electron chi connectivity index (χ4n) is 4.96. The van der Waals surface area contributed by atoms with Gasteiger partial charge in [-0.05, 0) is 49.2 Å². The van der Waals surface area contributed by atoms with Crippen LogP contribution in [0.5, 0.6) is 5.75 Å². The Morgan fingerprint density at radius 1 is 1.12 bits per heavy atom. The van der Waals surface area contributed by atoms with E-state index in [9.17, 15) is 14.3 Å². The Labute approximate surface area is 249 Å². The minimum absolute atomic E-state index is 0.0879. The molecule has 0 bridgehead atoms. The molecule has 0 atom stereocenters. The van der Waals surface area contributed by atoms with Crippen LogP contribution in [0.3, 0.4) is 0 Å². The van der Waals surface area contributed by atoms with Crippen molar-refractivity contribution in [1.29, 1.82) is 0 Å². The van der Waals surface area contributed by atoms with Gasteiger partial charge in [-0.3, -0.25) is 0 Å². The van der Waals surface area contributed by atoms with Gasteiger partial charge in [0, 0.05) is 23.2 Å². The van der Waals surface area contributed by atoms with Crippen LogP contribution >= 0.6 is 34.8 Å². The van der Waals surface area contributed by atoms with Crippen molar-refractivity contribution in [2.24, 2.45) is 0 Å². The van der Waals surface area contributed by atoms with Crippen LogP contribution in [0.1, 0.15) is 46.0 Å². The maximum Gasteiger partial charge on any atom is 0.338 e. The van der Waals surface area contributed by atoms with Crippen molar-refractivity contribution < 1.29 is 28.3 Å². The van der Waals surface area contributed by atoms with Crippen LogP contribution in [0.15, 0.2) is 53.2 Å². The third-order valence-electron chi connectivity index (χ3n) is 7.23. The minimum Gasteiger partial charge on any atom is -0.489 e. The Kier molecular flexibility index (Phi) is 7.32. The highest BCUT2D eigenvalue weighted by molar-refractivity contribution is 6.39. The van der Waals surface area contributed by atoms with Crippen molar-refractivity contribution in [3.8, 4) is 17.0 Å². The topological polar surface area (TPSA) is 97.9 Å². The van der Waals surface area contributed by atoms with Gasteiger partial charge < -0.3 is 24.0 Å². The van der Waals surface area contributed by atoms with E-state index in [4.69, 9.17) is 48.8 Å². The van der Waals surface area contributed by atoms with Gasteiger partial charge in [0.05, 0.1) is 46.4 Å². The molecule has 1 aliphatic carbocycles. The predicted molar refractivity (Wildman–Crippen MR) is 151 cm³/mol. The number of methoxy groups -OCH3 is 1. The van der Waals surface area contributed by atoms with Crippen LogP contribution in [0.4, 0.5) is 10.2 Å². The lowest BCUT2D eigenvalue weighted by Gasteiger charge is -2.47. The highest BCUT2D eigenvalue weighted by Crippen LogP contribution is 2.46. The van der Waals surface area contributed by atoms with Gasteiger partial charge in [0.25, 0.3) is 0 Å². The number of hydrogen-bond donors (Lipinski definition) is 1. The molecule has 8 nitrogen and oxygen atoms in total. The van der Waals surface area contributed by atoms with E-state index in [1.165, 1.54) is 25.4 Å². The average Bonchev–Trinajstić information content (AvgIpc) is 3.69. The van der Waals surface area contributed by atoms with Gasteiger partial charge in [0.1, 0.15) is 41.0 Å². The second kappa shape index (κ2) is 10.8. The summed E-state index contributed by atoms with van der Waals surface area (Å²) in [5, 5.41) is 16.0. The van der Waals surface area contributed by atoms with Crippen molar-refractivity contribution in [3.63, 3.8) is 0 Å². The van der Waals surface area contributed by atoms with Crippen LogP contribution in [0.25, 0.3) is 11.3 Å². The first-order valence-electron chi connectivity index (χ1n) is 12.7.